The lowest BCUT2D eigenvalue weighted by Crippen LogP contribution is -1.85. The predicted molar refractivity (Wildman–Crippen MR) is 58.2 cm³/mol. The third-order valence-electron chi connectivity index (χ3n) is 2.06. The highest BCUT2D eigenvalue weighted by Crippen LogP contribution is 2.28. The van der Waals surface area contributed by atoms with Crippen molar-refractivity contribution >= 4 is 11.3 Å². The Morgan fingerprint density at radius 1 is 1.40 bits per heavy atom. The number of aliphatic hydroxyl groups excluding tert-OH is 1. The fourth-order valence-electron chi connectivity index (χ4n) is 1.31. The van der Waals surface area contributed by atoms with Gasteiger partial charge in [0.1, 0.15) is 11.8 Å². The molecule has 0 amide bonds. The summed E-state index contributed by atoms with van der Waals surface area (Å²) < 4.78 is 0. The summed E-state index contributed by atoms with van der Waals surface area (Å²) in [7, 11) is 0. The molecule has 0 unspecified atom stereocenters. The second kappa shape index (κ2) is 4.22. The van der Waals surface area contributed by atoms with Crippen LogP contribution in [-0.2, 0) is 6.61 Å². The van der Waals surface area contributed by atoms with Crippen molar-refractivity contribution in [1.29, 1.82) is 5.26 Å². The topological polar surface area (TPSA) is 56.9 Å². The first-order valence-corrected chi connectivity index (χ1v) is 5.27. The van der Waals surface area contributed by atoms with Gasteiger partial charge in [0.15, 0.2) is 0 Å². The van der Waals surface area contributed by atoms with E-state index >= 15 is 0 Å². The van der Waals surface area contributed by atoms with E-state index < -0.39 is 0 Å². The molecule has 0 spiro atoms. The Bertz CT molecular complexity index is 496. The first-order valence-electron chi connectivity index (χ1n) is 4.39. The lowest BCUT2D eigenvalue weighted by molar-refractivity contribution is 0.283. The number of aromatic nitrogens is 1. The molecule has 2 rings (SSSR count). The molecule has 0 radical (unpaired) electrons. The summed E-state index contributed by atoms with van der Waals surface area (Å²) in [6.07, 6.45) is 1.66. The lowest BCUT2D eigenvalue weighted by atomic mass is 10.1. The summed E-state index contributed by atoms with van der Waals surface area (Å²) >= 11 is 1.56. The highest BCUT2D eigenvalue weighted by Gasteiger charge is 2.06. The van der Waals surface area contributed by atoms with Crippen LogP contribution in [0.3, 0.4) is 0 Å². The molecule has 1 N–H and O–H groups in total. The number of hydrogen-bond donors (Lipinski definition) is 1. The maximum Gasteiger partial charge on any atom is 0.140 e. The molecule has 74 valence electrons. The van der Waals surface area contributed by atoms with Crippen molar-refractivity contribution in [2.75, 3.05) is 0 Å². The number of nitrogens with zero attached hydrogens (tertiary/aromatic N) is 2. The Kier molecular flexibility index (Phi) is 2.77. The van der Waals surface area contributed by atoms with E-state index in [4.69, 9.17) is 10.4 Å². The van der Waals surface area contributed by atoms with Gasteiger partial charge in [-0.05, 0) is 29.1 Å². The van der Waals surface area contributed by atoms with E-state index in [-0.39, 0.29) is 6.61 Å². The molecule has 2 heterocycles. The van der Waals surface area contributed by atoms with Crippen LogP contribution in [0.1, 0.15) is 11.3 Å². The minimum atomic E-state index is 0.0266. The van der Waals surface area contributed by atoms with Gasteiger partial charge >= 0.3 is 0 Å². The molecule has 2 aromatic heterocycles. The third kappa shape index (κ3) is 1.89. The Morgan fingerprint density at radius 3 is 2.87 bits per heavy atom. The molecular weight excluding hydrogens is 208 g/mol. The average molecular weight is 216 g/mol. The van der Waals surface area contributed by atoms with E-state index in [2.05, 4.69) is 4.98 Å². The zero-order valence-electron chi connectivity index (χ0n) is 7.84. The molecule has 0 bridgehead atoms. The van der Waals surface area contributed by atoms with Crippen molar-refractivity contribution in [1.82, 2.24) is 4.98 Å². The van der Waals surface area contributed by atoms with Gasteiger partial charge in [0.2, 0.25) is 0 Å². The van der Waals surface area contributed by atoms with Gasteiger partial charge in [-0.15, -0.1) is 11.3 Å². The lowest BCUT2D eigenvalue weighted by Gasteiger charge is -2.00. The van der Waals surface area contributed by atoms with Crippen LogP contribution < -0.4 is 0 Å². The van der Waals surface area contributed by atoms with Crippen molar-refractivity contribution in [3.8, 4) is 16.5 Å². The summed E-state index contributed by atoms with van der Waals surface area (Å²) in [5.41, 5.74) is 2.24. The molecule has 0 aromatic carbocycles. The number of thiophene rings is 1. The van der Waals surface area contributed by atoms with E-state index in [1.165, 1.54) is 0 Å². The number of rotatable bonds is 2. The van der Waals surface area contributed by atoms with Crippen LogP contribution in [-0.4, -0.2) is 10.1 Å². The van der Waals surface area contributed by atoms with E-state index in [0.29, 0.717) is 5.69 Å². The molecule has 4 heteroatoms. The molecule has 0 saturated heterocycles. The molecule has 0 saturated carbocycles. The fraction of sp³-hybridized carbons (Fsp3) is 0.0909. The van der Waals surface area contributed by atoms with E-state index in [0.717, 1.165) is 16.0 Å². The van der Waals surface area contributed by atoms with Gasteiger partial charge < -0.3 is 5.11 Å². The van der Waals surface area contributed by atoms with E-state index in [1.54, 1.807) is 23.6 Å². The van der Waals surface area contributed by atoms with Crippen LogP contribution in [0.25, 0.3) is 10.4 Å². The second-order valence-electron chi connectivity index (χ2n) is 2.98. The maximum atomic E-state index is 9.10. The molecule has 0 aliphatic carbocycles. The number of aliphatic hydroxyl groups is 1. The Labute approximate surface area is 91.3 Å². The van der Waals surface area contributed by atoms with Crippen LogP contribution in [0.2, 0.25) is 0 Å². The summed E-state index contributed by atoms with van der Waals surface area (Å²) in [6, 6.07) is 7.38. The Hall–Kier alpha value is -1.70. The summed E-state index contributed by atoms with van der Waals surface area (Å²) in [4.78, 5) is 5.00. The molecule has 0 atom stereocenters. The van der Waals surface area contributed by atoms with Gasteiger partial charge in [0, 0.05) is 16.6 Å². The number of nitriles is 1. The SMILES string of the molecule is N#Cc1ccc(-c2sccc2CO)cn1. The molecule has 0 aliphatic rings. The quantitative estimate of drug-likeness (QED) is 0.837. The summed E-state index contributed by atoms with van der Waals surface area (Å²) in [5.74, 6) is 0. The zero-order valence-corrected chi connectivity index (χ0v) is 8.66. The third-order valence-corrected chi connectivity index (χ3v) is 3.06. The molecule has 2 aromatic rings. The highest BCUT2D eigenvalue weighted by atomic mass is 32.1. The van der Waals surface area contributed by atoms with E-state index in [1.807, 2.05) is 23.6 Å². The van der Waals surface area contributed by atoms with Gasteiger partial charge in [0.05, 0.1) is 6.61 Å². The van der Waals surface area contributed by atoms with Crippen LogP contribution in [0.4, 0.5) is 0 Å². The highest BCUT2D eigenvalue weighted by molar-refractivity contribution is 7.13. The predicted octanol–water partition coefficient (Wildman–Crippen LogP) is 2.17. The smallest absolute Gasteiger partial charge is 0.140 e. The normalized spacial score (nSPS) is 9.87. The summed E-state index contributed by atoms with van der Waals surface area (Å²) in [6.45, 7) is 0.0266. The average Bonchev–Trinajstić information content (AvgIpc) is 2.77. The fourth-order valence-corrected chi connectivity index (χ4v) is 2.22. The molecule has 15 heavy (non-hydrogen) atoms. The monoisotopic (exact) mass is 216 g/mol. The zero-order chi connectivity index (χ0) is 10.7. The first-order chi connectivity index (χ1) is 7.35. The largest absolute Gasteiger partial charge is 0.392 e. The standard InChI is InChI=1S/C11H8N2OS/c12-5-10-2-1-8(6-13-10)11-9(7-14)3-4-15-11/h1-4,6,14H,7H2. The number of pyridine rings is 1. The minimum Gasteiger partial charge on any atom is -0.392 e. The van der Waals surface area contributed by atoms with Gasteiger partial charge in [0.25, 0.3) is 0 Å². The number of hydrogen-bond acceptors (Lipinski definition) is 4. The van der Waals surface area contributed by atoms with Crippen molar-refractivity contribution in [2.24, 2.45) is 0 Å². The minimum absolute atomic E-state index is 0.0266. The maximum absolute atomic E-state index is 9.10. The molecule has 3 nitrogen and oxygen atoms in total. The van der Waals surface area contributed by atoms with Gasteiger partial charge in [-0.3, -0.25) is 0 Å². The van der Waals surface area contributed by atoms with Crippen molar-refractivity contribution in [3.05, 3.63) is 41.0 Å². The molecular formula is C11H8N2OS. The van der Waals surface area contributed by atoms with Crippen molar-refractivity contribution < 1.29 is 5.11 Å². The van der Waals surface area contributed by atoms with Gasteiger partial charge in [-0.1, -0.05) is 0 Å². The molecule has 0 fully saturated rings. The van der Waals surface area contributed by atoms with E-state index in [9.17, 15) is 0 Å². The Balaban J connectivity index is 2.42. The van der Waals surface area contributed by atoms with Crippen LogP contribution in [0.15, 0.2) is 29.8 Å². The van der Waals surface area contributed by atoms with Crippen LogP contribution in [0, 0.1) is 11.3 Å². The second-order valence-corrected chi connectivity index (χ2v) is 3.89. The van der Waals surface area contributed by atoms with Crippen LogP contribution in [0.5, 0.6) is 0 Å². The van der Waals surface area contributed by atoms with Crippen molar-refractivity contribution in [2.45, 2.75) is 6.61 Å². The Morgan fingerprint density at radius 2 is 2.27 bits per heavy atom. The first kappa shape index (κ1) is 9.84. The van der Waals surface area contributed by atoms with Gasteiger partial charge in [-0.2, -0.15) is 5.26 Å². The molecule has 0 aliphatic heterocycles. The van der Waals surface area contributed by atoms with Crippen LogP contribution >= 0.6 is 11.3 Å². The summed E-state index contributed by atoms with van der Waals surface area (Å²) in [5, 5.41) is 19.6. The van der Waals surface area contributed by atoms with Gasteiger partial charge in [-0.25, -0.2) is 4.98 Å². The van der Waals surface area contributed by atoms with Crippen molar-refractivity contribution in [3.63, 3.8) is 0 Å².